The number of morpholine rings is 1. The van der Waals surface area contributed by atoms with Crippen LogP contribution in [0.4, 0.5) is 0 Å². The van der Waals surface area contributed by atoms with Crippen molar-refractivity contribution >= 4 is 11.0 Å². The fraction of sp³-hybridized carbons (Fsp3) is 0.583. The molecule has 0 amide bonds. The van der Waals surface area contributed by atoms with Gasteiger partial charge in [0.25, 0.3) is 5.56 Å². The molecular weight excluding hydrogens is 246 g/mol. The lowest BCUT2D eigenvalue weighted by Gasteiger charge is -2.30. The van der Waals surface area contributed by atoms with Crippen LogP contribution in [0.5, 0.6) is 0 Å². The number of aryl methyl sites for hydroxylation is 1. The third kappa shape index (κ3) is 2.39. The summed E-state index contributed by atoms with van der Waals surface area (Å²) in [5, 5.41) is 4.59. The van der Waals surface area contributed by atoms with Gasteiger partial charge in [0.1, 0.15) is 11.2 Å². The van der Waals surface area contributed by atoms with E-state index in [1.165, 1.54) is 0 Å². The van der Waals surface area contributed by atoms with E-state index >= 15 is 0 Å². The minimum atomic E-state index is -0.130. The van der Waals surface area contributed by atoms with Crippen molar-refractivity contribution in [3.05, 3.63) is 22.4 Å². The fourth-order valence-electron chi connectivity index (χ4n) is 2.40. The van der Waals surface area contributed by atoms with E-state index in [-0.39, 0.29) is 11.7 Å². The summed E-state index contributed by atoms with van der Waals surface area (Å²) in [5.74, 6) is 0.676. The molecule has 0 saturated carbocycles. The van der Waals surface area contributed by atoms with Gasteiger partial charge in [-0.1, -0.05) is 0 Å². The number of fused-ring (bicyclic) bond motifs is 1. The van der Waals surface area contributed by atoms with Crippen LogP contribution in [-0.2, 0) is 18.3 Å². The van der Waals surface area contributed by atoms with E-state index in [0.717, 1.165) is 19.7 Å². The van der Waals surface area contributed by atoms with Gasteiger partial charge in [-0.3, -0.25) is 14.4 Å². The molecule has 2 aromatic rings. The Balaban J connectivity index is 1.88. The lowest BCUT2D eigenvalue weighted by molar-refractivity contribution is -0.0219. The number of aromatic amines is 1. The third-order valence-electron chi connectivity index (χ3n) is 3.35. The average molecular weight is 263 g/mol. The summed E-state index contributed by atoms with van der Waals surface area (Å²) in [6, 6.07) is 0. The maximum atomic E-state index is 11.9. The molecule has 0 unspecified atom stereocenters. The smallest absolute Gasteiger partial charge is 0.262 e. The van der Waals surface area contributed by atoms with Crippen LogP contribution in [-0.4, -0.2) is 50.4 Å². The summed E-state index contributed by atoms with van der Waals surface area (Å²) in [4.78, 5) is 21.5. The molecule has 19 heavy (non-hydrogen) atoms. The summed E-state index contributed by atoms with van der Waals surface area (Å²) in [6.07, 6.45) is 1.77. The molecule has 1 aliphatic heterocycles. The predicted octanol–water partition coefficient (Wildman–Crippen LogP) is -0.123. The lowest BCUT2D eigenvalue weighted by Crippen LogP contribution is -2.41. The van der Waals surface area contributed by atoms with E-state index in [1.807, 2.05) is 6.92 Å². The molecule has 0 spiro atoms. The van der Waals surface area contributed by atoms with Crippen molar-refractivity contribution in [2.75, 3.05) is 19.7 Å². The highest BCUT2D eigenvalue weighted by Crippen LogP contribution is 2.09. The SMILES string of the molecule is C[C@H]1CN(Cc2nc3c(cnn3C)c(=O)[nH]2)CCO1. The van der Waals surface area contributed by atoms with E-state index in [1.54, 1.807) is 17.9 Å². The summed E-state index contributed by atoms with van der Waals surface area (Å²) < 4.78 is 7.12. The number of aromatic nitrogens is 4. The van der Waals surface area contributed by atoms with Crippen molar-refractivity contribution in [2.45, 2.75) is 19.6 Å². The van der Waals surface area contributed by atoms with Gasteiger partial charge in [0.2, 0.25) is 0 Å². The zero-order chi connectivity index (χ0) is 13.4. The minimum absolute atomic E-state index is 0.130. The van der Waals surface area contributed by atoms with Gasteiger partial charge in [-0.05, 0) is 6.92 Å². The van der Waals surface area contributed by atoms with E-state index in [4.69, 9.17) is 4.74 Å². The van der Waals surface area contributed by atoms with E-state index in [0.29, 0.717) is 23.4 Å². The largest absolute Gasteiger partial charge is 0.376 e. The number of hydrogen-bond acceptors (Lipinski definition) is 5. The van der Waals surface area contributed by atoms with E-state index in [2.05, 4.69) is 20.0 Å². The molecule has 0 bridgehead atoms. The summed E-state index contributed by atoms with van der Waals surface area (Å²) in [5.41, 5.74) is 0.495. The topological polar surface area (TPSA) is 76.0 Å². The highest BCUT2D eigenvalue weighted by atomic mass is 16.5. The monoisotopic (exact) mass is 263 g/mol. The Bertz CT molecular complexity index is 647. The molecule has 0 aliphatic carbocycles. The molecular formula is C12H17N5O2. The average Bonchev–Trinajstić information content (AvgIpc) is 2.72. The molecule has 2 aromatic heterocycles. The Hall–Kier alpha value is -1.73. The second kappa shape index (κ2) is 4.75. The Labute approximate surface area is 110 Å². The van der Waals surface area contributed by atoms with Crippen molar-refractivity contribution in [2.24, 2.45) is 7.05 Å². The quantitative estimate of drug-likeness (QED) is 0.817. The van der Waals surface area contributed by atoms with E-state index in [9.17, 15) is 4.79 Å². The van der Waals surface area contributed by atoms with Gasteiger partial charge >= 0.3 is 0 Å². The van der Waals surface area contributed by atoms with Crippen LogP contribution in [0.2, 0.25) is 0 Å². The van der Waals surface area contributed by atoms with Crippen molar-refractivity contribution in [3.8, 4) is 0 Å². The Morgan fingerprint density at radius 3 is 3.21 bits per heavy atom. The summed E-state index contributed by atoms with van der Waals surface area (Å²) in [6.45, 7) is 5.11. The van der Waals surface area contributed by atoms with Crippen molar-refractivity contribution in [3.63, 3.8) is 0 Å². The number of hydrogen-bond donors (Lipinski definition) is 1. The number of H-pyrrole nitrogens is 1. The maximum Gasteiger partial charge on any atom is 0.262 e. The zero-order valence-electron chi connectivity index (χ0n) is 11.1. The van der Waals surface area contributed by atoms with Gasteiger partial charge in [-0.15, -0.1) is 0 Å². The summed E-state index contributed by atoms with van der Waals surface area (Å²) in [7, 11) is 1.79. The van der Waals surface area contributed by atoms with Crippen LogP contribution in [0.3, 0.4) is 0 Å². The van der Waals surface area contributed by atoms with Gasteiger partial charge < -0.3 is 9.72 Å². The molecule has 1 aliphatic rings. The first-order valence-electron chi connectivity index (χ1n) is 6.38. The molecule has 3 rings (SSSR count). The molecule has 1 fully saturated rings. The second-order valence-electron chi connectivity index (χ2n) is 4.93. The summed E-state index contributed by atoms with van der Waals surface area (Å²) >= 11 is 0. The first kappa shape index (κ1) is 12.3. The first-order chi connectivity index (χ1) is 9.13. The molecule has 0 aromatic carbocycles. The van der Waals surface area contributed by atoms with Crippen LogP contribution in [0, 0.1) is 0 Å². The number of ether oxygens (including phenoxy) is 1. The highest BCUT2D eigenvalue weighted by molar-refractivity contribution is 5.72. The van der Waals surface area contributed by atoms with Crippen LogP contribution in [0.15, 0.2) is 11.0 Å². The third-order valence-corrected chi connectivity index (χ3v) is 3.35. The van der Waals surface area contributed by atoms with Gasteiger partial charge in [-0.25, -0.2) is 4.98 Å². The van der Waals surface area contributed by atoms with Gasteiger partial charge in [-0.2, -0.15) is 5.10 Å². The number of nitrogens with one attached hydrogen (secondary N) is 1. The van der Waals surface area contributed by atoms with Crippen LogP contribution in [0.25, 0.3) is 11.0 Å². The van der Waals surface area contributed by atoms with Crippen molar-refractivity contribution < 1.29 is 4.74 Å². The molecule has 1 N–H and O–H groups in total. The zero-order valence-corrected chi connectivity index (χ0v) is 11.1. The number of rotatable bonds is 2. The van der Waals surface area contributed by atoms with Crippen molar-refractivity contribution in [1.82, 2.24) is 24.6 Å². The van der Waals surface area contributed by atoms with Gasteiger partial charge in [0.05, 0.1) is 25.5 Å². The van der Waals surface area contributed by atoms with Gasteiger partial charge in [0.15, 0.2) is 5.65 Å². The number of nitrogens with zero attached hydrogens (tertiary/aromatic N) is 4. The maximum absolute atomic E-state index is 11.9. The Morgan fingerprint density at radius 2 is 2.42 bits per heavy atom. The van der Waals surface area contributed by atoms with E-state index < -0.39 is 0 Å². The molecule has 102 valence electrons. The molecule has 3 heterocycles. The fourth-order valence-corrected chi connectivity index (χ4v) is 2.40. The van der Waals surface area contributed by atoms with Crippen LogP contribution >= 0.6 is 0 Å². The minimum Gasteiger partial charge on any atom is -0.376 e. The first-order valence-corrected chi connectivity index (χ1v) is 6.38. The van der Waals surface area contributed by atoms with Crippen LogP contribution in [0.1, 0.15) is 12.7 Å². The second-order valence-corrected chi connectivity index (χ2v) is 4.93. The molecule has 1 saturated heterocycles. The normalized spacial score (nSPS) is 21.1. The molecule has 7 nitrogen and oxygen atoms in total. The van der Waals surface area contributed by atoms with Crippen LogP contribution < -0.4 is 5.56 Å². The highest BCUT2D eigenvalue weighted by Gasteiger charge is 2.18. The molecule has 7 heteroatoms. The molecule has 1 atom stereocenters. The van der Waals surface area contributed by atoms with Gasteiger partial charge in [0, 0.05) is 20.1 Å². The predicted molar refractivity (Wildman–Crippen MR) is 69.8 cm³/mol. The van der Waals surface area contributed by atoms with Crippen molar-refractivity contribution in [1.29, 1.82) is 0 Å². The Kier molecular flexibility index (Phi) is 3.08. The Morgan fingerprint density at radius 1 is 1.58 bits per heavy atom. The standard InChI is InChI=1S/C12H17N5O2/c1-8-6-17(3-4-19-8)7-10-14-11-9(12(18)15-10)5-13-16(11)2/h5,8H,3-4,6-7H2,1-2H3,(H,14,15,18)/t8-/m0/s1. The lowest BCUT2D eigenvalue weighted by atomic mass is 10.3. The molecule has 0 radical (unpaired) electrons.